The smallest absolute Gasteiger partial charge is 0.410 e. The van der Waals surface area contributed by atoms with Crippen LogP contribution in [0.5, 0.6) is 0 Å². The van der Waals surface area contributed by atoms with Crippen LogP contribution in [0, 0.1) is 6.92 Å². The third-order valence-corrected chi connectivity index (χ3v) is 6.82. The van der Waals surface area contributed by atoms with Crippen molar-refractivity contribution < 1.29 is 14.3 Å². The first-order valence-corrected chi connectivity index (χ1v) is 10.6. The molecule has 3 aromatic rings. The van der Waals surface area contributed by atoms with Gasteiger partial charge in [-0.2, -0.15) is 5.10 Å². The molecule has 0 aliphatic carbocycles. The summed E-state index contributed by atoms with van der Waals surface area (Å²) >= 11 is 1.46. The molecule has 5 rings (SSSR count). The molecule has 2 aromatic heterocycles. The maximum atomic E-state index is 13.3. The molecule has 0 saturated carbocycles. The van der Waals surface area contributed by atoms with Crippen LogP contribution in [0.2, 0.25) is 0 Å². The van der Waals surface area contributed by atoms with Crippen molar-refractivity contribution in [3.05, 3.63) is 47.0 Å². The highest BCUT2D eigenvalue weighted by Crippen LogP contribution is 2.35. The van der Waals surface area contributed by atoms with Gasteiger partial charge in [0, 0.05) is 19.0 Å². The number of thiophene rings is 1. The van der Waals surface area contributed by atoms with E-state index >= 15 is 0 Å². The Morgan fingerprint density at radius 1 is 1.24 bits per heavy atom. The van der Waals surface area contributed by atoms with E-state index in [-0.39, 0.29) is 12.0 Å². The average Bonchev–Trinajstić information content (AvgIpc) is 3.36. The normalized spacial score (nSPS) is 21.9. The Balaban J connectivity index is 1.45. The SMILES string of the molecule is Cc1nn(-c2ccccc2)c2sc(C(=O)N3CCCC4(CN(C)C(=O)O4)C3)cc12. The molecule has 0 bridgehead atoms. The van der Waals surface area contributed by atoms with Crippen molar-refractivity contribution in [2.45, 2.75) is 25.4 Å². The molecule has 0 N–H and O–H groups in total. The van der Waals surface area contributed by atoms with Gasteiger partial charge < -0.3 is 14.5 Å². The number of likely N-dealkylation sites (tertiary alicyclic amines) is 1. The zero-order chi connectivity index (χ0) is 20.2. The molecule has 2 fully saturated rings. The maximum Gasteiger partial charge on any atom is 0.410 e. The number of fused-ring (bicyclic) bond motifs is 1. The number of carbonyl (C=O) groups is 2. The predicted molar refractivity (Wildman–Crippen MR) is 111 cm³/mol. The van der Waals surface area contributed by atoms with Crippen LogP contribution < -0.4 is 0 Å². The lowest BCUT2D eigenvalue weighted by molar-refractivity contribution is -0.00503. The summed E-state index contributed by atoms with van der Waals surface area (Å²) in [5.74, 6) is -0.00473. The van der Waals surface area contributed by atoms with Crippen LogP contribution in [-0.4, -0.2) is 63.9 Å². The van der Waals surface area contributed by atoms with Crippen molar-refractivity contribution in [1.29, 1.82) is 0 Å². The van der Waals surface area contributed by atoms with Gasteiger partial charge in [-0.05, 0) is 38.0 Å². The monoisotopic (exact) mass is 410 g/mol. The van der Waals surface area contributed by atoms with E-state index in [1.807, 2.05) is 52.9 Å². The lowest BCUT2D eigenvalue weighted by Crippen LogP contribution is -2.52. The van der Waals surface area contributed by atoms with Gasteiger partial charge in [0.15, 0.2) is 0 Å². The fourth-order valence-electron chi connectivity index (χ4n) is 4.33. The molecule has 1 unspecified atom stereocenters. The van der Waals surface area contributed by atoms with Crippen LogP contribution in [0.1, 0.15) is 28.2 Å². The molecule has 2 aliphatic rings. The van der Waals surface area contributed by atoms with E-state index in [1.165, 1.54) is 11.3 Å². The molecule has 1 spiro atoms. The molecule has 2 aliphatic heterocycles. The van der Waals surface area contributed by atoms with Crippen LogP contribution in [0.25, 0.3) is 15.9 Å². The second-order valence-corrected chi connectivity index (χ2v) is 8.93. The van der Waals surface area contributed by atoms with E-state index in [1.54, 1.807) is 11.9 Å². The summed E-state index contributed by atoms with van der Waals surface area (Å²) in [6, 6.07) is 11.9. The number of ether oxygens (including phenoxy) is 1. The summed E-state index contributed by atoms with van der Waals surface area (Å²) in [4.78, 5) is 30.2. The lowest BCUT2D eigenvalue weighted by Gasteiger charge is -2.38. The van der Waals surface area contributed by atoms with Gasteiger partial charge >= 0.3 is 6.09 Å². The van der Waals surface area contributed by atoms with Crippen molar-refractivity contribution in [3.63, 3.8) is 0 Å². The number of amides is 2. The molecular formula is C21H22N4O3S. The van der Waals surface area contributed by atoms with Crippen molar-refractivity contribution in [2.75, 3.05) is 26.7 Å². The predicted octanol–water partition coefficient (Wildman–Crippen LogP) is 3.45. The largest absolute Gasteiger partial charge is 0.439 e. The average molecular weight is 410 g/mol. The molecule has 150 valence electrons. The van der Waals surface area contributed by atoms with Crippen LogP contribution >= 0.6 is 11.3 Å². The van der Waals surface area contributed by atoms with Gasteiger partial charge in [0.25, 0.3) is 5.91 Å². The Morgan fingerprint density at radius 2 is 2.03 bits per heavy atom. The minimum absolute atomic E-state index is 0.00473. The molecule has 1 aromatic carbocycles. The first-order chi connectivity index (χ1) is 14.0. The van der Waals surface area contributed by atoms with Crippen molar-refractivity contribution in [2.24, 2.45) is 0 Å². The Labute approximate surface area is 172 Å². The molecule has 1 atom stereocenters. The molecule has 7 nitrogen and oxygen atoms in total. The zero-order valence-corrected chi connectivity index (χ0v) is 17.2. The van der Waals surface area contributed by atoms with E-state index in [0.29, 0.717) is 24.5 Å². The second-order valence-electron chi connectivity index (χ2n) is 7.90. The Kier molecular flexibility index (Phi) is 4.13. The third-order valence-electron chi connectivity index (χ3n) is 5.72. The number of aromatic nitrogens is 2. The molecule has 2 amide bonds. The third kappa shape index (κ3) is 2.98. The first-order valence-electron chi connectivity index (χ1n) is 9.74. The Morgan fingerprint density at radius 3 is 2.76 bits per heavy atom. The lowest BCUT2D eigenvalue weighted by atomic mass is 9.92. The minimum Gasteiger partial charge on any atom is -0.439 e. The number of rotatable bonds is 2. The van der Waals surface area contributed by atoms with Crippen LogP contribution in [0.3, 0.4) is 0 Å². The topological polar surface area (TPSA) is 67.7 Å². The van der Waals surface area contributed by atoms with Gasteiger partial charge in [-0.25, -0.2) is 9.48 Å². The van der Waals surface area contributed by atoms with Crippen LogP contribution in [0.4, 0.5) is 4.79 Å². The highest BCUT2D eigenvalue weighted by atomic mass is 32.1. The van der Waals surface area contributed by atoms with Crippen molar-refractivity contribution in [1.82, 2.24) is 19.6 Å². The van der Waals surface area contributed by atoms with E-state index in [9.17, 15) is 9.59 Å². The van der Waals surface area contributed by atoms with E-state index < -0.39 is 5.60 Å². The molecule has 4 heterocycles. The number of likely N-dealkylation sites (N-methyl/N-ethyl adjacent to an activating group) is 1. The highest BCUT2D eigenvalue weighted by Gasteiger charge is 2.47. The van der Waals surface area contributed by atoms with E-state index in [4.69, 9.17) is 4.74 Å². The van der Waals surface area contributed by atoms with Gasteiger partial charge in [-0.3, -0.25) is 4.79 Å². The first kappa shape index (κ1) is 18.2. The standard InChI is InChI=1S/C21H22N4O3S/c1-14-16-11-17(29-19(16)25(22-14)15-7-4-3-5-8-15)18(26)24-10-6-9-21(13-24)12-23(2)20(27)28-21/h3-5,7-8,11H,6,9-10,12-13H2,1-2H3. The maximum absolute atomic E-state index is 13.3. The molecule has 0 radical (unpaired) electrons. The van der Waals surface area contributed by atoms with Gasteiger partial charge in [-0.15, -0.1) is 11.3 Å². The van der Waals surface area contributed by atoms with Gasteiger partial charge in [0.2, 0.25) is 0 Å². The highest BCUT2D eigenvalue weighted by molar-refractivity contribution is 7.20. The Bertz CT molecular complexity index is 1110. The van der Waals surface area contributed by atoms with Crippen LogP contribution in [0.15, 0.2) is 36.4 Å². The Hall–Kier alpha value is -2.87. The number of carbonyl (C=O) groups excluding carboxylic acids is 2. The van der Waals surface area contributed by atoms with Crippen molar-refractivity contribution >= 4 is 33.6 Å². The quantitative estimate of drug-likeness (QED) is 0.649. The molecule has 2 saturated heterocycles. The van der Waals surface area contributed by atoms with Gasteiger partial charge in [-0.1, -0.05) is 18.2 Å². The van der Waals surface area contributed by atoms with Gasteiger partial charge in [0.05, 0.1) is 29.3 Å². The number of hydrogen-bond acceptors (Lipinski definition) is 5. The van der Waals surface area contributed by atoms with E-state index in [0.717, 1.165) is 34.4 Å². The fraction of sp³-hybridized carbons (Fsp3) is 0.381. The van der Waals surface area contributed by atoms with Crippen molar-refractivity contribution in [3.8, 4) is 5.69 Å². The summed E-state index contributed by atoms with van der Waals surface area (Å²) in [6.07, 6.45) is 1.32. The summed E-state index contributed by atoms with van der Waals surface area (Å²) in [6.45, 7) is 3.62. The number of aryl methyl sites for hydroxylation is 1. The molecule has 8 heteroatoms. The number of benzene rings is 1. The van der Waals surface area contributed by atoms with Gasteiger partial charge in [0.1, 0.15) is 10.4 Å². The van der Waals surface area contributed by atoms with Crippen LogP contribution in [-0.2, 0) is 4.74 Å². The minimum atomic E-state index is -0.576. The summed E-state index contributed by atoms with van der Waals surface area (Å²) in [7, 11) is 1.74. The summed E-state index contributed by atoms with van der Waals surface area (Å²) in [5.41, 5.74) is 1.30. The number of nitrogens with zero attached hydrogens (tertiary/aromatic N) is 4. The summed E-state index contributed by atoms with van der Waals surface area (Å²) < 4.78 is 7.54. The number of hydrogen-bond donors (Lipinski definition) is 0. The number of piperidine rings is 1. The zero-order valence-electron chi connectivity index (χ0n) is 16.4. The second kappa shape index (κ2) is 6.59. The molecular weight excluding hydrogens is 388 g/mol. The van der Waals surface area contributed by atoms with E-state index in [2.05, 4.69) is 5.10 Å². The molecule has 29 heavy (non-hydrogen) atoms. The number of para-hydroxylation sites is 1. The summed E-state index contributed by atoms with van der Waals surface area (Å²) in [5, 5.41) is 5.65. The fourth-order valence-corrected chi connectivity index (χ4v) is 5.48.